The lowest BCUT2D eigenvalue weighted by molar-refractivity contribution is 0.403. The van der Waals surface area contributed by atoms with Gasteiger partial charge in [0.05, 0.1) is 7.11 Å². The van der Waals surface area contributed by atoms with Crippen LogP contribution in [0.1, 0.15) is 5.56 Å². The van der Waals surface area contributed by atoms with Gasteiger partial charge in [0, 0.05) is 21.1 Å². The van der Waals surface area contributed by atoms with Crippen molar-refractivity contribution in [3.63, 3.8) is 0 Å². The van der Waals surface area contributed by atoms with E-state index in [1.165, 1.54) is 7.11 Å². The van der Waals surface area contributed by atoms with Crippen LogP contribution in [0.2, 0.25) is 5.02 Å². The molecule has 0 saturated heterocycles. The van der Waals surface area contributed by atoms with Crippen LogP contribution in [0.25, 0.3) is 0 Å². The Hall–Kier alpha value is -1.14. The second kappa shape index (κ2) is 7.04. The van der Waals surface area contributed by atoms with Gasteiger partial charge >= 0.3 is 7.12 Å². The van der Waals surface area contributed by atoms with Gasteiger partial charge in [-0.05, 0) is 35.9 Å². The summed E-state index contributed by atoms with van der Waals surface area (Å²) in [5, 5.41) is 19.4. The van der Waals surface area contributed by atoms with Crippen LogP contribution in [0.4, 0.5) is 0 Å². The second-order valence-corrected chi connectivity index (χ2v) is 5.68. The zero-order chi connectivity index (χ0) is 14.5. The molecule has 0 fully saturated rings. The van der Waals surface area contributed by atoms with Crippen LogP contribution in [0, 0.1) is 0 Å². The number of hydrogen-bond donors (Lipinski definition) is 2. The van der Waals surface area contributed by atoms with Crippen LogP contribution < -0.4 is 10.2 Å². The van der Waals surface area contributed by atoms with Crippen molar-refractivity contribution in [1.82, 2.24) is 0 Å². The molecular formula is C14H14BClO3S. The molecule has 2 aromatic carbocycles. The van der Waals surface area contributed by atoms with Gasteiger partial charge in [0.15, 0.2) is 0 Å². The van der Waals surface area contributed by atoms with Gasteiger partial charge < -0.3 is 14.8 Å². The van der Waals surface area contributed by atoms with E-state index < -0.39 is 7.12 Å². The first-order valence-electron chi connectivity index (χ1n) is 6.01. The number of ether oxygens (including phenoxy) is 1. The van der Waals surface area contributed by atoms with Crippen LogP contribution in [0.3, 0.4) is 0 Å². The van der Waals surface area contributed by atoms with Crippen molar-refractivity contribution in [3.8, 4) is 5.75 Å². The summed E-state index contributed by atoms with van der Waals surface area (Å²) < 4.78 is 5.10. The lowest BCUT2D eigenvalue weighted by Crippen LogP contribution is -2.31. The van der Waals surface area contributed by atoms with Crippen molar-refractivity contribution in [1.29, 1.82) is 0 Å². The van der Waals surface area contributed by atoms with Gasteiger partial charge in [0.2, 0.25) is 0 Å². The summed E-state index contributed by atoms with van der Waals surface area (Å²) in [5.41, 5.74) is 1.37. The average molecular weight is 309 g/mol. The molecular weight excluding hydrogens is 294 g/mol. The molecule has 0 aromatic heterocycles. The smallest absolute Gasteiger partial charge is 0.492 e. The van der Waals surface area contributed by atoms with Crippen LogP contribution >= 0.6 is 23.4 Å². The molecule has 0 aliphatic heterocycles. The first-order valence-corrected chi connectivity index (χ1v) is 7.38. The number of thioether (sulfide) groups is 1. The summed E-state index contributed by atoms with van der Waals surface area (Å²) in [6.07, 6.45) is 0. The minimum Gasteiger partial charge on any atom is -0.497 e. The maximum Gasteiger partial charge on any atom is 0.492 e. The molecule has 2 aromatic rings. The van der Waals surface area contributed by atoms with Crippen molar-refractivity contribution in [2.24, 2.45) is 0 Å². The fraction of sp³-hybridized carbons (Fsp3) is 0.143. The summed E-state index contributed by atoms with van der Waals surface area (Å²) in [4.78, 5) is 1.11. The Morgan fingerprint density at radius 3 is 2.45 bits per heavy atom. The molecule has 104 valence electrons. The molecule has 2 rings (SSSR count). The third kappa shape index (κ3) is 3.93. The Labute approximate surface area is 127 Å². The Balaban J connectivity index is 2.09. The Morgan fingerprint density at radius 2 is 1.85 bits per heavy atom. The van der Waals surface area contributed by atoms with E-state index in [4.69, 9.17) is 16.3 Å². The summed E-state index contributed by atoms with van der Waals surface area (Å²) in [7, 11) is -0.0333. The SMILES string of the molecule is COc1ccc(CSc2ccc(Cl)cc2)cc1B(O)O. The monoisotopic (exact) mass is 308 g/mol. The largest absolute Gasteiger partial charge is 0.497 e. The van der Waals surface area contributed by atoms with E-state index in [1.807, 2.05) is 30.3 Å². The number of hydrogen-bond acceptors (Lipinski definition) is 4. The molecule has 0 saturated carbocycles. The Kier molecular flexibility index (Phi) is 5.37. The quantitative estimate of drug-likeness (QED) is 0.657. The van der Waals surface area contributed by atoms with E-state index in [9.17, 15) is 10.0 Å². The predicted molar refractivity (Wildman–Crippen MR) is 83.8 cm³/mol. The van der Waals surface area contributed by atoms with Gasteiger partial charge in [0.25, 0.3) is 0 Å². The molecule has 2 N–H and O–H groups in total. The molecule has 0 aliphatic rings. The van der Waals surface area contributed by atoms with Crippen molar-refractivity contribution in [2.45, 2.75) is 10.6 Å². The van der Waals surface area contributed by atoms with Crippen molar-refractivity contribution in [3.05, 3.63) is 53.1 Å². The Bertz CT molecular complexity index is 575. The molecule has 0 unspecified atom stereocenters. The highest BCUT2D eigenvalue weighted by Gasteiger charge is 2.17. The van der Waals surface area contributed by atoms with Gasteiger partial charge in [-0.25, -0.2) is 0 Å². The van der Waals surface area contributed by atoms with Gasteiger partial charge in [-0.15, -0.1) is 11.8 Å². The zero-order valence-corrected chi connectivity index (χ0v) is 12.5. The fourth-order valence-electron chi connectivity index (χ4n) is 1.77. The molecule has 0 atom stereocenters. The van der Waals surface area contributed by atoms with E-state index in [-0.39, 0.29) is 0 Å². The minimum atomic E-state index is -1.54. The summed E-state index contributed by atoms with van der Waals surface area (Å²) in [6.45, 7) is 0. The van der Waals surface area contributed by atoms with Gasteiger partial charge in [-0.1, -0.05) is 23.7 Å². The lowest BCUT2D eigenvalue weighted by atomic mass is 9.79. The van der Waals surface area contributed by atoms with Crippen molar-refractivity contribution < 1.29 is 14.8 Å². The van der Waals surface area contributed by atoms with Crippen LogP contribution in [0.5, 0.6) is 5.75 Å². The van der Waals surface area contributed by atoms with Gasteiger partial charge in [0.1, 0.15) is 5.75 Å². The molecule has 0 bridgehead atoms. The van der Waals surface area contributed by atoms with E-state index in [0.29, 0.717) is 16.2 Å². The summed E-state index contributed by atoms with van der Waals surface area (Å²) in [5.74, 6) is 1.20. The third-order valence-corrected chi connectivity index (χ3v) is 4.13. The molecule has 0 radical (unpaired) electrons. The highest BCUT2D eigenvalue weighted by atomic mass is 35.5. The second-order valence-electron chi connectivity index (χ2n) is 4.19. The standard InChI is InChI=1S/C14H14BClO3S/c1-19-14-7-2-10(8-13(14)15(17)18)9-20-12-5-3-11(16)4-6-12/h2-8,17-18H,9H2,1H3. The minimum absolute atomic E-state index is 0.377. The molecule has 0 aliphatic carbocycles. The van der Waals surface area contributed by atoms with Crippen molar-refractivity contribution in [2.75, 3.05) is 7.11 Å². The van der Waals surface area contributed by atoms with Crippen LogP contribution in [0.15, 0.2) is 47.4 Å². The Morgan fingerprint density at radius 1 is 1.15 bits per heavy atom. The molecule has 20 heavy (non-hydrogen) atoms. The number of benzene rings is 2. The van der Waals surface area contributed by atoms with Gasteiger partial charge in [-0.2, -0.15) is 0 Å². The summed E-state index contributed by atoms with van der Waals surface area (Å²) >= 11 is 7.49. The average Bonchev–Trinajstić information content (AvgIpc) is 2.46. The number of rotatable bonds is 5. The van der Waals surface area contributed by atoms with Crippen LogP contribution in [-0.4, -0.2) is 24.3 Å². The zero-order valence-electron chi connectivity index (χ0n) is 10.9. The first kappa shape index (κ1) is 15.3. The van der Waals surface area contributed by atoms with E-state index in [1.54, 1.807) is 23.9 Å². The van der Waals surface area contributed by atoms with E-state index >= 15 is 0 Å². The summed E-state index contributed by atoms with van der Waals surface area (Å²) in [6, 6.07) is 13.0. The topological polar surface area (TPSA) is 49.7 Å². The molecule has 3 nitrogen and oxygen atoms in total. The number of halogens is 1. The number of methoxy groups -OCH3 is 1. The maximum atomic E-state index is 9.33. The van der Waals surface area contributed by atoms with Crippen LogP contribution in [-0.2, 0) is 5.75 Å². The normalized spacial score (nSPS) is 10.4. The molecule has 6 heteroatoms. The molecule has 0 heterocycles. The lowest BCUT2D eigenvalue weighted by Gasteiger charge is -2.10. The molecule has 0 spiro atoms. The highest BCUT2D eigenvalue weighted by molar-refractivity contribution is 7.98. The third-order valence-electron chi connectivity index (χ3n) is 2.79. The van der Waals surface area contributed by atoms with Gasteiger partial charge in [-0.3, -0.25) is 0 Å². The van der Waals surface area contributed by atoms with E-state index in [2.05, 4.69) is 0 Å². The fourth-order valence-corrected chi connectivity index (χ4v) is 2.74. The molecule has 0 amide bonds. The first-order chi connectivity index (χ1) is 9.60. The highest BCUT2D eigenvalue weighted by Crippen LogP contribution is 2.24. The predicted octanol–water partition coefficient (Wildman–Crippen LogP) is 2.32. The van der Waals surface area contributed by atoms with E-state index in [0.717, 1.165) is 16.2 Å². The maximum absolute atomic E-state index is 9.33. The van der Waals surface area contributed by atoms with Crippen molar-refractivity contribution >= 4 is 35.9 Å².